The average molecular weight is 365 g/mol. The molecule has 0 unspecified atom stereocenters. The highest BCUT2D eigenvalue weighted by Crippen LogP contribution is 2.34. The molecule has 0 radical (unpaired) electrons. The third-order valence-electron chi connectivity index (χ3n) is 2.60. The van der Waals surface area contributed by atoms with Crippen molar-refractivity contribution in [2.24, 2.45) is 0 Å². The van der Waals surface area contributed by atoms with Crippen molar-refractivity contribution >= 4 is 63.8 Å². The molecule has 21 heavy (non-hydrogen) atoms. The Morgan fingerprint density at radius 1 is 1.05 bits per heavy atom. The van der Waals surface area contributed by atoms with Gasteiger partial charge in [-0.3, -0.25) is 4.79 Å². The van der Waals surface area contributed by atoms with Crippen molar-refractivity contribution in [3.05, 3.63) is 50.0 Å². The van der Waals surface area contributed by atoms with Crippen molar-refractivity contribution < 1.29 is 4.79 Å². The van der Waals surface area contributed by atoms with E-state index in [9.17, 15) is 4.79 Å². The molecule has 2 rings (SSSR count). The van der Waals surface area contributed by atoms with E-state index >= 15 is 0 Å². The number of carbonyl (C=O) groups excluding carboxylic acids is 1. The van der Waals surface area contributed by atoms with Crippen LogP contribution in [0.3, 0.4) is 0 Å². The lowest BCUT2D eigenvalue weighted by molar-refractivity contribution is 0.102. The third-order valence-corrected chi connectivity index (χ3v) is 3.72. The summed E-state index contributed by atoms with van der Waals surface area (Å²) in [4.78, 5) is 16.3. The maximum Gasteiger partial charge on any atom is 0.257 e. The van der Waals surface area contributed by atoms with Crippen molar-refractivity contribution in [1.29, 1.82) is 0 Å². The first-order valence-corrected chi connectivity index (χ1v) is 7.22. The van der Waals surface area contributed by atoms with Crippen LogP contribution in [0.1, 0.15) is 10.4 Å². The summed E-state index contributed by atoms with van der Waals surface area (Å²) < 4.78 is 0. The van der Waals surface area contributed by atoms with Crippen LogP contribution in [-0.2, 0) is 0 Å². The van der Waals surface area contributed by atoms with E-state index in [-0.39, 0.29) is 26.3 Å². The molecule has 4 nitrogen and oxygen atoms in total. The number of benzene rings is 1. The van der Waals surface area contributed by atoms with Crippen LogP contribution < -0.4 is 10.6 Å². The van der Waals surface area contributed by atoms with Gasteiger partial charge in [-0.15, -0.1) is 0 Å². The van der Waals surface area contributed by atoms with Gasteiger partial charge in [-0.05, 0) is 18.2 Å². The first-order chi connectivity index (χ1) is 9.92. The predicted octanol–water partition coefficient (Wildman–Crippen LogP) is 4.99. The molecule has 0 atom stereocenters. The van der Waals surface area contributed by atoms with Gasteiger partial charge in [-0.25, -0.2) is 4.98 Å². The lowest BCUT2D eigenvalue weighted by Crippen LogP contribution is -2.14. The zero-order valence-electron chi connectivity index (χ0n) is 10.7. The molecule has 0 bridgehead atoms. The first-order valence-electron chi connectivity index (χ1n) is 5.71. The quantitative estimate of drug-likeness (QED) is 0.806. The van der Waals surface area contributed by atoms with Crippen LogP contribution in [0.25, 0.3) is 0 Å². The molecule has 2 aromatic rings. The van der Waals surface area contributed by atoms with Gasteiger partial charge in [0.2, 0.25) is 0 Å². The van der Waals surface area contributed by atoms with Crippen LogP contribution >= 0.6 is 46.4 Å². The van der Waals surface area contributed by atoms with Gasteiger partial charge >= 0.3 is 0 Å². The van der Waals surface area contributed by atoms with Gasteiger partial charge in [0.15, 0.2) is 0 Å². The highest BCUT2D eigenvalue weighted by atomic mass is 35.5. The Hall–Kier alpha value is -1.20. The van der Waals surface area contributed by atoms with Crippen LogP contribution in [0.2, 0.25) is 20.1 Å². The molecular weight excluding hydrogens is 356 g/mol. The Kier molecular flexibility index (Phi) is 5.17. The van der Waals surface area contributed by atoms with Crippen LogP contribution in [0.4, 0.5) is 11.5 Å². The molecule has 0 fully saturated rings. The Labute approximate surface area is 141 Å². The van der Waals surface area contributed by atoms with Gasteiger partial charge in [0, 0.05) is 18.3 Å². The van der Waals surface area contributed by atoms with Crippen LogP contribution in [0, 0.1) is 0 Å². The normalized spacial score (nSPS) is 10.3. The predicted molar refractivity (Wildman–Crippen MR) is 88.2 cm³/mol. The molecule has 0 aliphatic carbocycles. The minimum Gasteiger partial charge on any atom is -0.373 e. The highest BCUT2D eigenvalue weighted by Gasteiger charge is 2.16. The molecule has 1 aromatic carbocycles. The zero-order chi connectivity index (χ0) is 15.6. The van der Waals surface area contributed by atoms with Crippen molar-refractivity contribution in [2.75, 3.05) is 17.7 Å². The van der Waals surface area contributed by atoms with E-state index in [2.05, 4.69) is 15.6 Å². The van der Waals surface area contributed by atoms with Gasteiger partial charge in [-0.1, -0.05) is 46.4 Å². The maximum absolute atomic E-state index is 12.3. The summed E-state index contributed by atoms with van der Waals surface area (Å²) in [6, 6.07) is 4.49. The van der Waals surface area contributed by atoms with Crippen LogP contribution in [-0.4, -0.2) is 17.9 Å². The Morgan fingerprint density at radius 2 is 1.67 bits per heavy atom. The lowest BCUT2D eigenvalue weighted by atomic mass is 10.2. The number of anilines is 2. The second-order valence-corrected chi connectivity index (χ2v) is 5.66. The number of nitrogens with one attached hydrogen (secondary N) is 2. The van der Waals surface area contributed by atoms with E-state index in [1.54, 1.807) is 7.05 Å². The molecule has 8 heteroatoms. The molecular formula is C13H9Cl4N3O. The topological polar surface area (TPSA) is 54.0 Å². The molecule has 2 N–H and O–H groups in total. The average Bonchev–Trinajstić information content (AvgIpc) is 2.43. The number of halogens is 4. The summed E-state index contributed by atoms with van der Waals surface area (Å²) >= 11 is 23.8. The number of hydrogen-bond acceptors (Lipinski definition) is 3. The Balaban J connectivity index is 2.35. The van der Waals surface area contributed by atoms with Gasteiger partial charge in [0.05, 0.1) is 26.3 Å². The monoisotopic (exact) mass is 363 g/mol. The van der Waals surface area contributed by atoms with E-state index in [4.69, 9.17) is 46.4 Å². The number of nitrogens with zero attached hydrogens (tertiary/aromatic N) is 1. The molecule has 0 saturated heterocycles. The largest absolute Gasteiger partial charge is 0.373 e. The summed E-state index contributed by atoms with van der Waals surface area (Å²) in [5.41, 5.74) is 0.518. The maximum atomic E-state index is 12.3. The Morgan fingerprint density at radius 3 is 2.24 bits per heavy atom. The number of rotatable bonds is 3. The van der Waals surface area contributed by atoms with Crippen molar-refractivity contribution in [1.82, 2.24) is 4.98 Å². The molecule has 0 spiro atoms. The fraction of sp³-hybridized carbons (Fsp3) is 0.0769. The number of hydrogen-bond donors (Lipinski definition) is 2. The third kappa shape index (κ3) is 3.71. The molecule has 110 valence electrons. The second kappa shape index (κ2) is 6.71. The lowest BCUT2D eigenvalue weighted by Gasteiger charge is -2.11. The highest BCUT2D eigenvalue weighted by molar-refractivity contribution is 6.42. The Bertz CT molecular complexity index is 683. The minimum absolute atomic E-state index is 0.215. The van der Waals surface area contributed by atoms with Gasteiger partial charge in [-0.2, -0.15) is 0 Å². The van der Waals surface area contributed by atoms with Gasteiger partial charge < -0.3 is 10.6 Å². The standard InChI is InChI=1S/C13H9Cl4N3O/c1-18-11-4-7(10(17)5-19-11)13(21)20-12-8(15)2-6(14)3-9(12)16/h2-5H,1H3,(H,18,19)(H,20,21). The van der Waals surface area contributed by atoms with Crippen LogP contribution in [0.5, 0.6) is 0 Å². The van der Waals surface area contributed by atoms with Crippen molar-refractivity contribution in [3.63, 3.8) is 0 Å². The molecule has 1 amide bonds. The van der Waals surface area contributed by atoms with E-state index in [1.807, 2.05) is 0 Å². The fourth-order valence-electron chi connectivity index (χ4n) is 1.59. The van der Waals surface area contributed by atoms with Crippen molar-refractivity contribution in [3.8, 4) is 0 Å². The van der Waals surface area contributed by atoms with E-state index < -0.39 is 5.91 Å². The van der Waals surface area contributed by atoms with Crippen molar-refractivity contribution in [2.45, 2.75) is 0 Å². The molecule has 0 aliphatic rings. The number of amides is 1. The van der Waals surface area contributed by atoms with E-state index in [1.165, 1.54) is 24.4 Å². The number of aromatic nitrogens is 1. The SMILES string of the molecule is CNc1cc(C(=O)Nc2c(Cl)cc(Cl)cc2Cl)c(Cl)cn1. The van der Waals surface area contributed by atoms with E-state index in [0.29, 0.717) is 10.8 Å². The summed E-state index contributed by atoms with van der Waals surface area (Å²) in [7, 11) is 1.69. The smallest absolute Gasteiger partial charge is 0.257 e. The zero-order valence-corrected chi connectivity index (χ0v) is 13.7. The molecule has 1 heterocycles. The molecule has 0 saturated carbocycles. The molecule has 1 aromatic heterocycles. The second-order valence-electron chi connectivity index (χ2n) is 4.00. The number of pyridine rings is 1. The summed E-state index contributed by atoms with van der Waals surface area (Å²) in [6.07, 6.45) is 1.38. The number of carbonyl (C=O) groups is 1. The van der Waals surface area contributed by atoms with E-state index in [0.717, 1.165) is 0 Å². The summed E-state index contributed by atoms with van der Waals surface area (Å²) in [5, 5.41) is 6.50. The van der Waals surface area contributed by atoms with Gasteiger partial charge in [0.1, 0.15) is 5.82 Å². The van der Waals surface area contributed by atoms with Gasteiger partial charge in [0.25, 0.3) is 5.91 Å². The minimum atomic E-state index is -0.454. The van der Waals surface area contributed by atoms with Crippen LogP contribution in [0.15, 0.2) is 24.4 Å². The summed E-state index contributed by atoms with van der Waals surface area (Å²) in [5.74, 6) is 0.0582. The first kappa shape index (κ1) is 16.2. The summed E-state index contributed by atoms with van der Waals surface area (Å²) in [6.45, 7) is 0. The fourth-order valence-corrected chi connectivity index (χ4v) is 2.69. The molecule has 0 aliphatic heterocycles.